The molecule has 5 heteroatoms. The van der Waals surface area contributed by atoms with Crippen LogP contribution in [-0.4, -0.2) is 21.9 Å². The lowest BCUT2D eigenvalue weighted by molar-refractivity contribution is -0.116. The smallest absolute Gasteiger partial charge is 0.246 e. The number of thioether (sulfide) groups is 1. The number of carbonyl (C=O) groups is 1. The van der Waals surface area contributed by atoms with E-state index < -0.39 is 0 Å². The van der Waals surface area contributed by atoms with Crippen LogP contribution in [0.4, 0.5) is 5.69 Å². The minimum atomic E-state index is -0.0666. The average Bonchev–Trinajstić information content (AvgIpc) is 2.68. The second kappa shape index (κ2) is 5.93. The van der Waals surface area contributed by atoms with Gasteiger partial charge < -0.3 is 5.32 Å². The molecule has 0 aliphatic carbocycles. The third-order valence-corrected chi connectivity index (χ3v) is 3.51. The van der Waals surface area contributed by atoms with Gasteiger partial charge in [-0.25, -0.2) is 0 Å². The van der Waals surface area contributed by atoms with Crippen LogP contribution >= 0.6 is 11.8 Å². The van der Waals surface area contributed by atoms with Crippen molar-refractivity contribution in [2.75, 3.05) is 11.6 Å². The third-order valence-electron chi connectivity index (χ3n) is 2.77. The van der Waals surface area contributed by atoms with Gasteiger partial charge in [0.25, 0.3) is 0 Å². The van der Waals surface area contributed by atoms with Gasteiger partial charge >= 0.3 is 0 Å². The van der Waals surface area contributed by atoms with Crippen LogP contribution in [0, 0.1) is 13.8 Å². The number of anilines is 1. The molecule has 0 radical (unpaired) electrons. The van der Waals surface area contributed by atoms with Gasteiger partial charge in [-0.1, -0.05) is 0 Å². The molecule has 19 heavy (non-hydrogen) atoms. The molecule has 4 nitrogen and oxygen atoms in total. The number of aromatic nitrogens is 2. The average molecular weight is 275 g/mol. The monoisotopic (exact) mass is 275 g/mol. The van der Waals surface area contributed by atoms with Crippen LogP contribution in [0.25, 0.3) is 0 Å². The lowest BCUT2D eigenvalue weighted by Crippen LogP contribution is -2.20. The summed E-state index contributed by atoms with van der Waals surface area (Å²) in [5, 5.41) is 7.14. The Morgan fingerprint density at radius 1 is 1.32 bits per heavy atom. The first kappa shape index (κ1) is 13.7. The summed E-state index contributed by atoms with van der Waals surface area (Å²) in [6.07, 6.45) is 2.02. The highest BCUT2D eigenvalue weighted by Gasteiger charge is 2.07. The predicted molar refractivity (Wildman–Crippen MR) is 78.6 cm³/mol. The van der Waals surface area contributed by atoms with Crippen LogP contribution < -0.4 is 5.32 Å². The van der Waals surface area contributed by atoms with Crippen molar-refractivity contribution < 1.29 is 4.79 Å². The lowest BCUT2D eigenvalue weighted by atomic mass is 10.3. The van der Waals surface area contributed by atoms with E-state index in [0.717, 1.165) is 17.1 Å². The SMILES string of the molecule is CSc1ccc(NC(=O)Cn2nc(C)cc2C)cc1. The quantitative estimate of drug-likeness (QED) is 0.873. The van der Waals surface area contributed by atoms with Gasteiger partial charge in [0.15, 0.2) is 0 Å². The van der Waals surface area contributed by atoms with Gasteiger partial charge in [-0.2, -0.15) is 5.10 Å². The van der Waals surface area contributed by atoms with E-state index in [1.807, 2.05) is 50.4 Å². The van der Waals surface area contributed by atoms with Crippen molar-refractivity contribution in [3.8, 4) is 0 Å². The highest BCUT2D eigenvalue weighted by atomic mass is 32.2. The summed E-state index contributed by atoms with van der Waals surface area (Å²) in [4.78, 5) is 13.1. The summed E-state index contributed by atoms with van der Waals surface area (Å²) in [5.74, 6) is -0.0666. The second-order valence-electron chi connectivity index (χ2n) is 4.36. The van der Waals surface area contributed by atoms with Crippen LogP contribution in [0.1, 0.15) is 11.4 Å². The largest absolute Gasteiger partial charge is 0.324 e. The standard InChI is InChI=1S/C14H17N3OS/c1-10-8-11(2)17(16-10)9-14(18)15-12-4-6-13(19-3)7-5-12/h4-8H,9H2,1-3H3,(H,15,18). The van der Waals surface area contributed by atoms with Gasteiger partial charge in [0.1, 0.15) is 6.54 Å². The van der Waals surface area contributed by atoms with Gasteiger partial charge in [0.05, 0.1) is 5.69 Å². The van der Waals surface area contributed by atoms with Crippen molar-refractivity contribution in [3.05, 3.63) is 41.7 Å². The maximum atomic E-state index is 11.9. The van der Waals surface area contributed by atoms with Crippen molar-refractivity contribution in [1.82, 2.24) is 9.78 Å². The molecule has 2 rings (SSSR count). The first-order chi connectivity index (χ1) is 9.08. The fourth-order valence-electron chi connectivity index (χ4n) is 1.85. The number of hydrogen-bond acceptors (Lipinski definition) is 3. The van der Waals surface area contributed by atoms with Crippen LogP contribution in [-0.2, 0) is 11.3 Å². The zero-order valence-electron chi connectivity index (χ0n) is 11.3. The first-order valence-electron chi connectivity index (χ1n) is 6.03. The maximum Gasteiger partial charge on any atom is 0.246 e. The second-order valence-corrected chi connectivity index (χ2v) is 5.24. The molecule has 0 unspecified atom stereocenters. The Balaban J connectivity index is 1.99. The van der Waals surface area contributed by atoms with Crippen LogP contribution in [0.15, 0.2) is 35.2 Å². The molecule has 1 aromatic carbocycles. The molecule has 100 valence electrons. The van der Waals surface area contributed by atoms with Crippen molar-refractivity contribution in [1.29, 1.82) is 0 Å². The minimum absolute atomic E-state index is 0.0666. The fourth-order valence-corrected chi connectivity index (χ4v) is 2.25. The Kier molecular flexibility index (Phi) is 4.27. The van der Waals surface area contributed by atoms with Crippen molar-refractivity contribution in [3.63, 3.8) is 0 Å². The molecule has 0 fully saturated rings. The molecule has 1 heterocycles. The Hall–Kier alpha value is -1.75. The Labute approximate surface area is 117 Å². The van der Waals surface area contributed by atoms with Crippen LogP contribution in [0.3, 0.4) is 0 Å². The minimum Gasteiger partial charge on any atom is -0.324 e. The van der Waals surface area contributed by atoms with Gasteiger partial charge in [-0.3, -0.25) is 9.48 Å². The number of hydrogen-bond donors (Lipinski definition) is 1. The van der Waals surface area contributed by atoms with E-state index in [-0.39, 0.29) is 12.5 Å². The number of amides is 1. The Bertz CT molecular complexity index is 575. The normalized spacial score (nSPS) is 10.5. The lowest BCUT2D eigenvalue weighted by Gasteiger charge is -2.07. The highest BCUT2D eigenvalue weighted by Crippen LogP contribution is 2.17. The number of nitrogens with zero attached hydrogens (tertiary/aromatic N) is 2. The van der Waals surface area contributed by atoms with Crippen LogP contribution in [0.2, 0.25) is 0 Å². The molecule has 1 amide bonds. The van der Waals surface area contributed by atoms with E-state index in [1.54, 1.807) is 16.4 Å². The molecular weight excluding hydrogens is 258 g/mol. The molecule has 0 atom stereocenters. The molecule has 1 N–H and O–H groups in total. The molecular formula is C14H17N3OS. The van der Waals surface area contributed by atoms with Gasteiger partial charge in [0.2, 0.25) is 5.91 Å². The number of benzene rings is 1. The topological polar surface area (TPSA) is 46.9 Å². The highest BCUT2D eigenvalue weighted by molar-refractivity contribution is 7.98. The first-order valence-corrected chi connectivity index (χ1v) is 7.26. The Morgan fingerprint density at radius 3 is 2.53 bits per heavy atom. The third kappa shape index (κ3) is 3.61. The fraction of sp³-hybridized carbons (Fsp3) is 0.286. The van der Waals surface area contributed by atoms with Crippen LogP contribution in [0.5, 0.6) is 0 Å². The zero-order valence-corrected chi connectivity index (χ0v) is 12.1. The summed E-state index contributed by atoms with van der Waals surface area (Å²) < 4.78 is 1.71. The Morgan fingerprint density at radius 2 is 2.00 bits per heavy atom. The van der Waals surface area contributed by atoms with Gasteiger partial charge in [0, 0.05) is 16.3 Å². The number of nitrogens with one attached hydrogen (secondary N) is 1. The van der Waals surface area contributed by atoms with Crippen molar-refractivity contribution >= 4 is 23.4 Å². The number of carbonyl (C=O) groups excluding carboxylic acids is 1. The van der Waals surface area contributed by atoms with E-state index in [1.165, 1.54) is 4.90 Å². The van der Waals surface area contributed by atoms with Crippen molar-refractivity contribution in [2.45, 2.75) is 25.3 Å². The molecule has 0 aliphatic heterocycles. The summed E-state index contributed by atoms with van der Waals surface area (Å²) >= 11 is 1.68. The summed E-state index contributed by atoms with van der Waals surface area (Å²) in [6, 6.07) is 9.75. The molecule has 2 aromatic rings. The summed E-state index contributed by atoms with van der Waals surface area (Å²) in [6.45, 7) is 4.10. The van der Waals surface area contributed by atoms with E-state index in [9.17, 15) is 4.79 Å². The van der Waals surface area contributed by atoms with Crippen molar-refractivity contribution in [2.24, 2.45) is 0 Å². The number of rotatable bonds is 4. The maximum absolute atomic E-state index is 11.9. The molecule has 0 saturated carbocycles. The molecule has 0 bridgehead atoms. The van der Waals surface area contributed by atoms with E-state index >= 15 is 0 Å². The van der Waals surface area contributed by atoms with E-state index in [2.05, 4.69) is 10.4 Å². The molecule has 1 aromatic heterocycles. The van der Waals surface area contributed by atoms with E-state index in [0.29, 0.717) is 0 Å². The van der Waals surface area contributed by atoms with Gasteiger partial charge in [-0.15, -0.1) is 11.8 Å². The van der Waals surface area contributed by atoms with E-state index in [4.69, 9.17) is 0 Å². The summed E-state index contributed by atoms with van der Waals surface area (Å²) in [7, 11) is 0. The zero-order chi connectivity index (χ0) is 13.8. The summed E-state index contributed by atoms with van der Waals surface area (Å²) in [5.41, 5.74) is 2.73. The van der Waals surface area contributed by atoms with Gasteiger partial charge in [-0.05, 0) is 50.4 Å². The predicted octanol–water partition coefficient (Wildman–Crippen LogP) is 2.86. The molecule has 0 spiro atoms. The molecule has 0 aliphatic rings. The molecule has 0 saturated heterocycles. The number of aryl methyl sites for hydroxylation is 2.